The number of alkyl halides is 2. The molecule has 0 fully saturated rings. The highest BCUT2D eigenvalue weighted by atomic mass is 19.3. The van der Waals surface area contributed by atoms with Crippen LogP contribution in [0.3, 0.4) is 0 Å². The summed E-state index contributed by atoms with van der Waals surface area (Å²) in [6.45, 7) is -3.02. The van der Waals surface area contributed by atoms with Gasteiger partial charge in [0, 0.05) is 24.8 Å². The second-order valence-electron chi connectivity index (χ2n) is 5.69. The van der Waals surface area contributed by atoms with Gasteiger partial charge in [0.25, 0.3) is 0 Å². The van der Waals surface area contributed by atoms with Gasteiger partial charge in [-0.25, -0.2) is 4.39 Å². The first-order chi connectivity index (χ1) is 13.9. The van der Waals surface area contributed by atoms with Gasteiger partial charge in [-0.15, -0.1) is 0 Å². The van der Waals surface area contributed by atoms with Gasteiger partial charge in [0.1, 0.15) is 17.3 Å². The third-order valence-electron chi connectivity index (χ3n) is 3.68. The Balaban J connectivity index is 1.92. The molecule has 0 aromatic heterocycles. The number of carbonyl (C=O) groups is 1. The number of methoxy groups -OCH3 is 1. The van der Waals surface area contributed by atoms with E-state index in [0.29, 0.717) is 17.0 Å². The molecule has 0 radical (unpaired) electrons. The van der Waals surface area contributed by atoms with Gasteiger partial charge in [0.05, 0.1) is 13.7 Å². The maximum absolute atomic E-state index is 13.2. The molecular weight excluding hydrogens is 389 g/mol. The lowest BCUT2D eigenvalue weighted by Gasteiger charge is -2.15. The monoisotopic (exact) mass is 410 g/mol. The van der Waals surface area contributed by atoms with Crippen molar-refractivity contribution in [2.45, 2.75) is 13.2 Å². The van der Waals surface area contributed by atoms with Crippen LogP contribution in [0.4, 0.5) is 18.9 Å². The molecular formula is C19H21F3N4O3. The van der Waals surface area contributed by atoms with Crippen molar-refractivity contribution >= 4 is 17.6 Å². The van der Waals surface area contributed by atoms with Gasteiger partial charge in [0.15, 0.2) is 5.96 Å². The lowest BCUT2D eigenvalue weighted by molar-refractivity contribution is -0.115. The van der Waals surface area contributed by atoms with Gasteiger partial charge in [-0.05, 0) is 36.4 Å². The minimum atomic E-state index is -2.97. The molecule has 0 aliphatic carbocycles. The normalized spacial score (nSPS) is 11.2. The number of nitrogens with zero attached hydrogens (tertiary/aromatic N) is 1. The molecule has 0 saturated heterocycles. The molecule has 0 saturated carbocycles. The largest absolute Gasteiger partial charge is 0.497 e. The van der Waals surface area contributed by atoms with Crippen molar-refractivity contribution in [3.05, 3.63) is 53.8 Å². The number of aliphatic imine (C=N–C) groups is 1. The molecule has 2 rings (SSSR count). The lowest BCUT2D eigenvalue weighted by Crippen LogP contribution is -2.41. The van der Waals surface area contributed by atoms with Crippen LogP contribution < -0.4 is 25.4 Å². The van der Waals surface area contributed by atoms with E-state index in [0.717, 1.165) is 0 Å². The number of benzene rings is 2. The predicted molar refractivity (Wildman–Crippen MR) is 103 cm³/mol. The second-order valence-corrected chi connectivity index (χ2v) is 5.69. The third kappa shape index (κ3) is 7.24. The van der Waals surface area contributed by atoms with Crippen molar-refractivity contribution in [2.24, 2.45) is 4.99 Å². The number of ether oxygens (including phenoxy) is 2. The first-order valence-corrected chi connectivity index (χ1v) is 8.53. The van der Waals surface area contributed by atoms with Crippen molar-refractivity contribution in [2.75, 3.05) is 26.0 Å². The van der Waals surface area contributed by atoms with Crippen molar-refractivity contribution in [1.82, 2.24) is 10.6 Å². The molecule has 1 amide bonds. The van der Waals surface area contributed by atoms with E-state index in [4.69, 9.17) is 4.74 Å². The second kappa shape index (κ2) is 10.8. The molecule has 2 aromatic carbocycles. The lowest BCUT2D eigenvalue weighted by atomic mass is 10.2. The highest BCUT2D eigenvalue weighted by Crippen LogP contribution is 2.25. The van der Waals surface area contributed by atoms with E-state index in [-0.39, 0.29) is 24.8 Å². The smallest absolute Gasteiger partial charge is 0.387 e. The average Bonchev–Trinajstić information content (AvgIpc) is 2.68. The molecule has 0 aliphatic rings. The Bertz CT molecular complexity index is 862. The highest BCUT2D eigenvalue weighted by Gasteiger charge is 2.12. The number of rotatable bonds is 8. The van der Waals surface area contributed by atoms with Crippen molar-refractivity contribution < 1.29 is 27.4 Å². The summed E-state index contributed by atoms with van der Waals surface area (Å²) in [7, 11) is 2.94. The Hall–Kier alpha value is -3.43. The highest BCUT2D eigenvalue weighted by molar-refractivity contribution is 5.94. The summed E-state index contributed by atoms with van der Waals surface area (Å²) in [6, 6.07) is 9.93. The Morgan fingerprint density at radius 3 is 2.62 bits per heavy atom. The molecule has 0 bridgehead atoms. The number of anilines is 1. The van der Waals surface area contributed by atoms with Crippen molar-refractivity contribution in [3.63, 3.8) is 0 Å². The standard InChI is InChI=1S/C19H21F3N4O3/c1-23-19(25-11-17(27)26-14-5-3-4-13(20)9-14)24-10-12-8-15(28-2)6-7-16(12)29-18(21)22/h3-9,18H,10-11H2,1-2H3,(H,26,27)(H2,23,24,25). The predicted octanol–water partition coefficient (Wildman–Crippen LogP) is 2.74. The molecule has 2 aromatic rings. The molecule has 7 nitrogen and oxygen atoms in total. The number of amides is 1. The molecule has 3 N–H and O–H groups in total. The van der Waals surface area contributed by atoms with E-state index < -0.39 is 18.3 Å². The Morgan fingerprint density at radius 2 is 1.97 bits per heavy atom. The third-order valence-corrected chi connectivity index (χ3v) is 3.68. The maximum Gasteiger partial charge on any atom is 0.387 e. The molecule has 0 aliphatic heterocycles. The van der Waals surface area contributed by atoms with Crippen LogP contribution in [0.2, 0.25) is 0 Å². The summed E-state index contributed by atoms with van der Waals surface area (Å²) in [5.41, 5.74) is 0.738. The molecule has 29 heavy (non-hydrogen) atoms. The van der Waals surface area contributed by atoms with Crippen molar-refractivity contribution in [1.29, 1.82) is 0 Å². The van der Waals surface area contributed by atoms with Crippen LogP contribution in [0, 0.1) is 5.82 Å². The quantitative estimate of drug-likeness (QED) is 0.460. The summed E-state index contributed by atoms with van der Waals surface area (Å²) < 4.78 is 47.9. The fourth-order valence-corrected chi connectivity index (χ4v) is 2.37. The summed E-state index contributed by atoms with van der Waals surface area (Å²) >= 11 is 0. The van der Waals surface area contributed by atoms with E-state index in [1.165, 1.54) is 44.5 Å². The SMILES string of the molecule is CN=C(NCC(=O)Nc1cccc(F)c1)NCc1cc(OC)ccc1OC(F)F. The van der Waals surface area contributed by atoms with E-state index in [1.807, 2.05) is 0 Å². The first kappa shape index (κ1) is 21.9. The molecule has 0 unspecified atom stereocenters. The maximum atomic E-state index is 13.2. The fourth-order valence-electron chi connectivity index (χ4n) is 2.37. The number of guanidine groups is 1. The van der Waals surface area contributed by atoms with E-state index in [2.05, 4.69) is 25.7 Å². The van der Waals surface area contributed by atoms with E-state index >= 15 is 0 Å². The number of carbonyl (C=O) groups excluding carboxylic acids is 1. The van der Waals surface area contributed by atoms with Crippen molar-refractivity contribution in [3.8, 4) is 11.5 Å². The molecule has 156 valence electrons. The molecule has 0 heterocycles. The van der Waals surface area contributed by atoms with Gasteiger partial charge >= 0.3 is 6.61 Å². The van der Waals surface area contributed by atoms with Crippen LogP contribution in [0.1, 0.15) is 5.56 Å². The summed E-state index contributed by atoms with van der Waals surface area (Å²) in [4.78, 5) is 15.9. The van der Waals surface area contributed by atoms with Crippen LogP contribution >= 0.6 is 0 Å². The van der Waals surface area contributed by atoms with Gasteiger partial charge in [0.2, 0.25) is 5.91 Å². The molecule has 0 atom stereocenters. The zero-order valence-electron chi connectivity index (χ0n) is 15.8. The molecule has 10 heteroatoms. The summed E-state index contributed by atoms with van der Waals surface area (Å²) in [5, 5.41) is 8.21. The van der Waals surface area contributed by atoms with Crippen LogP contribution in [0.25, 0.3) is 0 Å². The van der Waals surface area contributed by atoms with E-state index in [9.17, 15) is 18.0 Å². The average molecular weight is 410 g/mol. The number of halogens is 3. The Kier molecular flexibility index (Phi) is 8.13. The Labute approximate surface area is 165 Å². The topological polar surface area (TPSA) is 84.0 Å². The Morgan fingerprint density at radius 1 is 1.17 bits per heavy atom. The van der Waals surface area contributed by atoms with Gasteiger partial charge < -0.3 is 25.4 Å². The van der Waals surface area contributed by atoms with Crippen LogP contribution in [0.5, 0.6) is 11.5 Å². The van der Waals surface area contributed by atoms with Crippen LogP contribution in [-0.4, -0.2) is 39.2 Å². The number of hydrogen-bond donors (Lipinski definition) is 3. The van der Waals surface area contributed by atoms with Crippen LogP contribution in [0.15, 0.2) is 47.5 Å². The minimum Gasteiger partial charge on any atom is -0.497 e. The summed E-state index contributed by atoms with van der Waals surface area (Å²) in [5.74, 6) is -0.159. The number of nitrogens with one attached hydrogen (secondary N) is 3. The first-order valence-electron chi connectivity index (χ1n) is 8.53. The molecule has 0 spiro atoms. The number of hydrogen-bond acceptors (Lipinski definition) is 4. The van der Waals surface area contributed by atoms with E-state index in [1.54, 1.807) is 12.1 Å². The van der Waals surface area contributed by atoms with Gasteiger partial charge in [-0.1, -0.05) is 6.07 Å². The minimum absolute atomic E-state index is 0.00685. The van der Waals surface area contributed by atoms with Gasteiger partial charge in [-0.3, -0.25) is 9.79 Å². The summed E-state index contributed by atoms with van der Waals surface area (Å²) in [6.07, 6.45) is 0. The van der Waals surface area contributed by atoms with Gasteiger partial charge in [-0.2, -0.15) is 8.78 Å². The van der Waals surface area contributed by atoms with Crippen LogP contribution in [-0.2, 0) is 11.3 Å². The fraction of sp³-hybridized carbons (Fsp3) is 0.263. The zero-order chi connectivity index (χ0) is 21.2. The zero-order valence-corrected chi connectivity index (χ0v) is 15.8.